The van der Waals surface area contributed by atoms with Crippen molar-refractivity contribution in [3.8, 4) is 0 Å². The molecule has 0 aliphatic heterocycles. The molecule has 34 heavy (non-hydrogen) atoms. The molecule has 5 heteroatoms. The van der Waals surface area contributed by atoms with Crippen molar-refractivity contribution < 1.29 is 14.6 Å². The maximum Gasteiger partial charge on any atom is 0.335 e. The van der Waals surface area contributed by atoms with Gasteiger partial charge in [0, 0.05) is 17.5 Å². The molecule has 0 aliphatic rings. The fourth-order valence-electron chi connectivity index (χ4n) is 4.06. The molecule has 4 aromatic rings. The van der Waals surface area contributed by atoms with Crippen LogP contribution in [0.2, 0.25) is 5.02 Å². The van der Waals surface area contributed by atoms with Crippen molar-refractivity contribution in [1.82, 2.24) is 4.98 Å². The molecule has 0 fully saturated rings. The molecule has 3 aromatic carbocycles. The summed E-state index contributed by atoms with van der Waals surface area (Å²) in [5, 5.41) is 11.3. The molecule has 1 atom stereocenters. The average molecular weight is 472 g/mol. The average Bonchev–Trinajstić information content (AvgIpc) is 2.83. The Kier molecular flexibility index (Phi) is 7.41. The molecule has 0 amide bonds. The topological polar surface area (TPSA) is 59.4 Å². The van der Waals surface area contributed by atoms with Gasteiger partial charge in [-0.05, 0) is 72.9 Å². The monoisotopic (exact) mass is 471 g/mol. The SMILES string of the molecule is COC(CCc1ccc(C)cc1C(=O)O)c1cccc(/C=C/c2ccc3ccc(Cl)cc3n2)c1. The number of methoxy groups -OCH3 is 1. The van der Waals surface area contributed by atoms with E-state index in [-0.39, 0.29) is 6.10 Å². The fraction of sp³-hybridized carbons (Fsp3) is 0.172. The number of carboxylic acid groups (broad SMARTS) is 1. The first-order valence-corrected chi connectivity index (χ1v) is 11.5. The number of carbonyl (C=O) groups is 1. The molecule has 172 valence electrons. The molecule has 0 aliphatic carbocycles. The Labute approximate surface area is 204 Å². The van der Waals surface area contributed by atoms with Crippen LogP contribution in [-0.2, 0) is 11.2 Å². The highest BCUT2D eigenvalue weighted by atomic mass is 35.5. The Morgan fingerprint density at radius 1 is 1.06 bits per heavy atom. The van der Waals surface area contributed by atoms with Crippen molar-refractivity contribution >= 4 is 40.6 Å². The van der Waals surface area contributed by atoms with Crippen molar-refractivity contribution in [2.45, 2.75) is 25.9 Å². The number of ether oxygens (including phenoxy) is 1. The lowest BCUT2D eigenvalue weighted by atomic mass is 9.96. The summed E-state index contributed by atoms with van der Waals surface area (Å²) < 4.78 is 5.76. The van der Waals surface area contributed by atoms with Gasteiger partial charge in [-0.2, -0.15) is 0 Å². The number of rotatable bonds is 8. The number of halogens is 1. The van der Waals surface area contributed by atoms with Crippen molar-refractivity contribution in [3.63, 3.8) is 0 Å². The maximum atomic E-state index is 11.6. The van der Waals surface area contributed by atoms with Gasteiger partial charge in [0.25, 0.3) is 0 Å². The summed E-state index contributed by atoms with van der Waals surface area (Å²) in [6.45, 7) is 1.90. The van der Waals surface area contributed by atoms with E-state index >= 15 is 0 Å². The first kappa shape index (κ1) is 23.7. The van der Waals surface area contributed by atoms with Crippen molar-refractivity contribution in [1.29, 1.82) is 0 Å². The van der Waals surface area contributed by atoms with Gasteiger partial charge in [-0.1, -0.05) is 65.7 Å². The van der Waals surface area contributed by atoms with E-state index in [4.69, 9.17) is 16.3 Å². The molecule has 1 heterocycles. The first-order valence-electron chi connectivity index (χ1n) is 11.1. The van der Waals surface area contributed by atoms with Gasteiger partial charge in [-0.25, -0.2) is 9.78 Å². The number of hydrogen-bond donors (Lipinski definition) is 1. The van der Waals surface area contributed by atoms with E-state index in [1.54, 1.807) is 13.2 Å². The third-order valence-corrected chi connectivity index (χ3v) is 6.10. The van der Waals surface area contributed by atoms with E-state index in [1.807, 2.05) is 79.7 Å². The number of fused-ring (bicyclic) bond motifs is 1. The first-order chi connectivity index (χ1) is 16.4. The van der Waals surface area contributed by atoms with Gasteiger partial charge in [0.1, 0.15) is 0 Å². The third-order valence-electron chi connectivity index (χ3n) is 5.86. The molecule has 0 radical (unpaired) electrons. The smallest absolute Gasteiger partial charge is 0.335 e. The van der Waals surface area contributed by atoms with E-state index in [0.29, 0.717) is 23.4 Å². The Balaban J connectivity index is 1.50. The van der Waals surface area contributed by atoms with Crippen LogP contribution in [0.5, 0.6) is 0 Å². The molecular weight excluding hydrogens is 446 g/mol. The molecular formula is C29H26ClNO3. The number of nitrogens with zero attached hydrogens (tertiary/aromatic N) is 1. The summed E-state index contributed by atoms with van der Waals surface area (Å²) in [5.41, 5.74) is 5.91. The number of pyridine rings is 1. The van der Waals surface area contributed by atoms with E-state index in [1.165, 1.54) is 0 Å². The number of benzene rings is 3. The molecule has 0 spiro atoms. The molecule has 4 rings (SSSR count). The van der Waals surface area contributed by atoms with E-state index in [0.717, 1.165) is 38.9 Å². The van der Waals surface area contributed by atoms with Crippen molar-refractivity contribution in [3.05, 3.63) is 111 Å². The molecule has 0 saturated carbocycles. The van der Waals surface area contributed by atoms with Gasteiger partial charge in [0.15, 0.2) is 0 Å². The van der Waals surface area contributed by atoms with Crippen LogP contribution in [0.25, 0.3) is 23.1 Å². The minimum absolute atomic E-state index is 0.141. The van der Waals surface area contributed by atoms with Crippen LogP contribution in [-0.4, -0.2) is 23.2 Å². The van der Waals surface area contributed by atoms with Gasteiger partial charge in [0.05, 0.1) is 22.9 Å². The zero-order chi connectivity index (χ0) is 24.1. The largest absolute Gasteiger partial charge is 0.478 e. The summed E-state index contributed by atoms with van der Waals surface area (Å²) in [6.07, 6.45) is 5.16. The Bertz CT molecular complexity index is 1360. The minimum Gasteiger partial charge on any atom is -0.478 e. The van der Waals surface area contributed by atoms with E-state index in [2.05, 4.69) is 11.1 Å². The van der Waals surface area contributed by atoms with Gasteiger partial charge in [0.2, 0.25) is 0 Å². The van der Waals surface area contributed by atoms with Crippen LogP contribution in [0.3, 0.4) is 0 Å². The van der Waals surface area contributed by atoms with Crippen LogP contribution in [0, 0.1) is 6.92 Å². The fourth-order valence-corrected chi connectivity index (χ4v) is 4.22. The normalized spacial score (nSPS) is 12.3. The summed E-state index contributed by atoms with van der Waals surface area (Å²) in [6, 6.07) is 23.4. The Morgan fingerprint density at radius 3 is 2.68 bits per heavy atom. The lowest BCUT2D eigenvalue weighted by Gasteiger charge is -2.17. The lowest BCUT2D eigenvalue weighted by Crippen LogP contribution is -2.07. The van der Waals surface area contributed by atoms with Crippen LogP contribution in [0.15, 0.2) is 72.8 Å². The minimum atomic E-state index is -0.899. The highest BCUT2D eigenvalue weighted by molar-refractivity contribution is 6.31. The lowest BCUT2D eigenvalue weighted by molar-refractivity contribution is 0.0693. The van der Waals surface area contributed by atoms with Crippen LogP contribution < -0.4 is 0 Å². The van der Waals surface area contributed by atoms with Crippen molar-refractivity contribution in [2.24, 2.45) is 0 Å². The van der Waals surface area contributed by atoms with Crippen LogP contribution in [0.1, 0.15) is 50.8 Å². The quantitative estimate of drug-likeness (QED) is 0.291. The summed E-state index contributed by atoms with van der Waals surface area (Å²) in [4.78, 5) is 16.3. The Morgan fingerprint density at radius 2 is 1.88 bits per heavy atom. The summed E-state index contributed by atoms with van der Waals surface area (Å²) in [7, 11) is 1.69. The summed E-state index contributed by atoms with van der Waals surface area (Å²) in [5.74, 6) is -0.899. The second kappa shape index (κ2) is 10.6. The number of aromatic nitrogens is 1. The number of aromatic carboxylic acids is 1. The predicted octanol–water partition coefficient (Wildman–Crippen LogP) is 7.39. The van der Waals surface area contributed by atoms with Gasteiger partial charge >= 0.3 is 5.97 Å². The Hall–Kier alpha value is -3.47. The highest BCUT2D eigenvalue weighted by Crippen LogP contribution is 2.26. The molecule has 1 unspecified atom stereocenters. The third kappa shape index (κ3) is 5.71. The molecule has 0 bridgehead atoms. The van der Waals surface area contributed by atoms with Gasteiger partial charge < -0.3 is 9.84 Å². The molecule has 4 nitrogen and oxygen atoms in total. The van der Waals surface area contributed by atoms with Gasteiger partial charge in [-0.3, -0.25) is 0 Å². The maximum absolute atomic E-state index is 11.6. The highest BCUT2D eigenvalue weighted by Gasteiger charge is 2.15. The predicted molar refractivity (Wildman–Crippen MR) is 138 cm³/mol. The van der Waals surface area contributed by atoms with Crippen molar-refractivity contribution in [2.75, 3.05) is 7.11 Å². The standard InChI is InChI=1S/C29H26ClNO3/c1-19-6-8-21(26(16-19)29(32)33)11-15-28(34-2)23-5-3-4-20(17-23)7-13-25-14-10-22-9-12-24(30)18-27(22)31-25/h3-10,12-14,16-18,28H,11,15H2,1-2H3,(H,32,33)/b13-7+. The van der Waals surface area contributed by atoms with E-state index < -0.39 is 5.97 Å². The number of aryl methyl sites for hydroxylation is 2. The van der Waals surface area contributed by atoms with Crippen LogP contribution >= 0.6 is 11.6 Å². The van der Waals surface area contributed by atoms with Crippen LogP contribution in [0.4, 0.5) is 0 Å². The van der Waals surface area contributed by atoms with E-state index in [9.17, 15) is 9.90 Å². The van der Waals surface area contributed by atoms with Gasteiger partial charge in [-0.15, -0.1) is 0 Å². The number of carboxylic acids is 1. The number of hydrogen-bond acceptors (Lipinski definition) is 3. The zero-order valence-electron chi connectivity index (χ0n) is 19.2. The molecule has 1 aromatic heterocycles. The zero-order valence-corrected chi connectivity index (χ0v) is 19.9. The second-order valence-corrected chi connectivity index (χ2v) is 8.74. The summed E-state index contributed by atoms with van der Waals surface area (Å²) >= 11 is 6.10. The molecule has 1 N–H and O–H groups in total. The molecule has 0 saturated heterocycles. The second-order valence-electron chi connectivity index (χ2n) is 8.31.